The van der Waals surface area contributed by atoms with Crippen molar-refractivity contribution >= 4 is 40.9 Å². The molecule has 98 valence electrons. The van der Waals surface area contributed by atoms with Crippen LogP contribution in [0.4, 0.5) is 10.5 Å². The van der Waals surface area contributed by atoms with Crippen LogP contribution in [0.15, 0.2) is 12.1 Å². The Morgan fingerprint density at radius 2 is 2.11 bits per heavy atom. The van der Waals surface area contributed by atoms with Crippen LogP contribution in [-0.2, 0) is 6.42 Å². The number of hydrogen-bond acceptors (Lipinski definition) is 2. The molecule has 4 N–H and O–H groups in total. The second kappa shape index (κ2) is 5.93. The first kappa shape index (κ1) is 14.6. The van der Waals surface area contributed by atoms with E-state index in [1.165, 1.54) is 13.1 Å². The van der Waals surface area contributed by atoms with Gasteiger partial charge in [0.15, 0.2) is 0 Å². The monoisotopic (exact) mass is 288 g/mol. The average Bonchev–Trinajstić information content (AvgIpc) is 2.30. The number of benzene rings is 1. The van der Waals surface area contributed by atoms with E-state index in [0.717, 1.165) is 10.5 Å². The zero-order valence-corrected chi connectivity index (χ0v) is 11.6. The molecule has 0 spiro atoms. The predicted molar refractivity (Wildman–Crippen MR) is 74.7 cm³/mol. The lowest BCUT2D eigenvalue weighted by Crippen LogP contribution is -2.46. The summed E-state index contributed by atoms with van der Waals surface area (Å²) in [4.78, 5) is 12.8. The minimum absolute atomic E-state index is 0.276. The van der Waals surface area contributed by atoms with Crippen LogP contribution in [0.5, 0.6) is 0 Å². The Balaban J connectivity index is 3.45. The second-order valence-corrected chi connectivity index (χ2v) is 4.37. The van der Waals surface area contributed by atoms with Crippen molar-refractivity contribution < 1.29 is 4.79 Å². The molecule has 1 rings (SSSR count). The third kappa shape index (κ3) is 2.86. The van der Waals surface area contributed by atoms with Crippen molar-refractivity contribution in [1.82, 2.24) is 5.32 Å². The number of amides is 2. The van der Waals surface area contributed by atoms with Crippen LogP contribution in [-0.4, -0.2) is 19.0 Å². The summed E-state index contributed by atoms with van der Waals surface area (Å²) in [7, 11) is 1.45. The molecule has 0 saturated carbocycles. The summed E-state index contributed by atoms with van der Waals surface area (Å²) < 4.78 is 0. The number of nitrogens with zero attached hydrogens (tertiary/aromatic N) is 1. The topological polar surface area (TPSA) is 82.2 Å². The molecule has 1 aromatic carbocycles. The zero-order chi connectivity index (χ0) is 13.9. The standard InChI is InChI=1S/C11H14Cl2N4O/c1-3-6-4-7(12)5-8(13)9(6)17(10(14)15)11(18)16-2/h4-5H,3H2,1-2H3,(H3,14,15)(H,16,18). The van der Waals surface area contributed by atoms with Gasteiger partial charge in [0.2, 0.25) is 5.96 Å². The van der Waals surface area contributed by atoms with E-state index in [-0.39, 0.29) is 5.02 Å². The Bertz CT molecular complexity index is 490. The molecule has 1 aromatic rings. The molecule has 5 nitrogen and oxygen atoms in total. The molecule has 0 aliphatic rings. The Hall–Kier alpha value is -1.46. The van der Waals surface area contributed by atoms with Crippen molar-refractivity contribution in [2.45, 2.75) is 13.3 Å². The van der Waals surface area contributed by atoms with Gasteiger partial charge in [-0.25, -0.2) is 9.69 Å². The van der Waals surface area contributed by atoms with Gasteiger partial charge in [0.05, 0.1) is 10.7 Å². The summed E-state index contributed by atoms with van der Waals surface area (Å²) in [5.74, 6) is -0.409. The van der Waals surface area contributed by atoms with E-state index in [0.29, 0.717) is 17.1 Å². The smallest absolute Gasteiger partial charge is 0.328 e. The Kier molecular flexibility index (Phi) is 4.81. The molecule has 0 aliphatic heterocycles. The van der Waals surface area contributed by atoms with Gasteiger partial charge in [0, 0.05) is 12.1 Å². The molecule has 0 atom stereocenters. The Morgan fingerprint density at radius 3 is 2.56 bits per heavy atom. The number of carbonyl (C=O) groups is 1. The number of aryl methyl sites for hydroxylation is 1. The summed E-state index contributed by atoms with van der Waals surface area (Å²) >= 11 is 12.0. The van der Waals surface area contributed by atoms with Crippen molar-refractivity contribution in [2.75, 3.05) is 11.9 Å². The maximum absolute atomic E-state index is 11.8. The summed E-state index contributed by atoms with van der Waals surface area (Å²) in [6.45, 7) is 1.90. The number of carbonyl (C=O) groups excluding carboxylic acids is 1. The molecule has 0 unspecified atom stereocenters. The maximum Gasteiger partial charge on any atom is 0.328 e. The number of urea groups is 1. The molecule has 0 fully saturated rings. The summed E-state index contributed by atoms with van der Waals surface area (Å²) in [5.41, 5.74) is 6.56. The quantitative estimate of drug-likeness (QED) is 0.577. The highest BCUT2D eigenvalue weighted by Gasteiger charge is 2.23. The maximum atomic E-state index is 11.8. The molecule has 0 radical (unpaired) electrons. The van der Waals surface area contributed by atoms with Gasteiger partial charge in [-0.3, -0.25) is 5.41 Å². The van der Waals surface area contributed by atoms with Gasteiger partial charge >= 0.3 is 6.03 Å². The van der Waals surface area contributed by atoms with Crippen LogP contribution < -0.4 is 16.0 Å². The van der Waals surface area contributed by atoms with Crippen LogP contribution in [0.25, 0.3) is 0 Å². The number of halogens is 2. The normalized spacial score (nSPS) is 10.0. The first-order valence-electron chi connectivity index (χ1n) is 5.26. The largest absolute Gasteiger partial charge is 0.369 e. The number of guanidine groups is 1. The van der Waals surface area contributed by atoms with Gasteiger partial charge in [-0.2, -0.15) is 0 Å². The fraction of sp³-hybridized carbons (Fsp3) is 0.273. The Labute approximate surface area is 115 Å². The van der Waals surface area contributed by atoms with Gasteiger partial charge in [-0.1, -0.05) is 30.1 Å². The van der Waals surface area contributed by atoms with Crippen molar-refractivity contribution in [2.24, 2.45) is 5.73 Å². The highest BCUT2D eigenvalue weighted by atomic mass is 35.5. The van der Waals surface area contributed by atoms with E-state index in [4.69, 9.17) is 34.3 Å². The van der Waals surface area contributed by atoms with Crippen LogP contribution in [0.3, 0.4) is 0 Å². The van der Waals surface area contributed by atoms with E-state index in [2.05, 4.69) is 5.32 Å². The second-order valence-electron chi connectivity index (χ2n) is 3.52. The van der Waals surface area contributed by atoms with Gasteiger partial charge < -0.3 is 11.1 Å². The third-order valence-electron chi connectivity index (χ3n) is 2.37. The lowest BCUT2D eigenvalue weighted by atomic mass is 10.1. The summed E-state index contributed by atoms with van der Waals surface area (Å²) in [5, 5.41) is 10.7. The van der Waals surface area contributed by atoms with E-state index >= 15 is 0 Å². The molecule has 0 aliphatic carbocycles. The molecular weight excluding hydrogens is 275 g/mol. The predicted octanol–water partition coefficient (Wildman–Crippen LogP) is 2.60. The van der Waals surface area contributed by atoms with E-state index < -0.39 is 12.0 Å². The average molecular weight is 289 g/mol. The van der Waals surface area contributed by atoms with E-state index in [1.807, 2.05) is 6.92 Å². The van der Waals surface area contributed by atoms with Crippen molar-refractivity contribution in [1.29, 1.82) is 5.41 Å². The molecule has 0 bridgehead atoms. The highest BCUT2D eigenvalue weighted by molar-refractivity contribution is 6.38. The number of rotatable bonds is 2. The summed E-state index contributed by atoms with van der Waals surface area (Å²) in [6.07, 6.45) is 0.608. The number of hydrogen-bond donors (Lipinski definition) is 3. The lowest BCUT2D eigenvalue weighted by Gasteiger charge is -2.24. The van der Waals surface area contributed by atoms with Crippen molar-refractivity contribution in [3.63, 3.8) is 0 Å². The van der Waals surface area contributed by atoms with Gasteiger partial charge in [-0.05, 0) is 24.1 Å². The first-order valence-corrected chi connectivity index (χ1v) is 6.01. The fourth-order valence-electron chi connectivity index (χ4n) is 1.58. The molecule has 18 heavy (non-hydrogen) atoms. The van der Waals surface area contributed by atoms with Crippen LogP contribution in [0.1, 0.15) is 12.5 Å². The zero-order valence-electron chi connectivity index (χ0n) is 10.1. The number of nitrogens with two attached hydrogens (primary N) is 1. The molecular formula is C11H14Cl2N4O. The third-order valence-corrected chi connectivity index (χ3v) is 2.88. The fourth-order valence-corrected chi connectivity index (χ4v) is 2.20. The number of anilines is 1. The van der Waals surface area contributed by atoms with E-state index in [9.17, 15) is 4.79 Å². The van der Waals surface area contributed by atoms with Crippen LogP contribution >= 0.6 is 23.2 Å². The van der Waals surface area contributed by atoms with Gasteiger partial charge in [-0.15, -0.1) is 0 Å². The minimum Gasteiger partial charge on any atom is -0.369 e. The first-order chi connectivity index (χ1) is 8.42. The molecule has 0 aromatic heterocycles. The van der Waals surface area contributed by atoms with Gasteiger partial charge in [0.25, 0.3) is 0 Å². The minimum atomic E-state index is -0.526. The highest BCUT2D eigenvalue weighted by Crippen LogP contribution is 2.33. The molecule has 0 saturated heterocycles. The molecule has 0 heterocycles. The van der Waals surface area contributed by atoms with E-state index in [1.54, 1.807) is 6.07 Å². The summed E-state index contributed by atoms with van der Waals surface area (Å²) in [6, 6.07) is 2.68. The van der Waals surface area contributed by atoms with Crippen LogP contribution in [0.2, 0.25) is 10.0 Å². The Morgan fingerprint density at radius 1 is 1.50 bits per heavy atom. The molecule has 2 amide bonds. The van der Waals surface area contributed by atoms with Crippen molar-refractivity contribution in [3.05, 3.63) is 27.7 Å². The number of nitrogens with one attached hydrogen (secondary N) is 2. The lowest BCUT2D eigenvalue weighted by molar-refractivity contribution is 0.251. The van der Waals surface area contributed by atoms with Crippen molar-refractivity contribution in [3.8, 4) is 0 Å². The van der Waals surface area contributed by atoms with Crippen LogP contribution in [0, 0.1) is 5.41 Å². The van der Waals surface area contributed by atoms with Gasteiger partial charge in [0.1, 0.15) is 0 Å². The molecule has 7 heteroatoms. The SMILES string of the molecule is CCc1cc(Cl)cc(Cl)c1N(C(=N)N)C(=O)NC.